The molecule has 1 aromatic carbocycles. The van der Waals surface area contributed by atoms with Crippen molar-refractivity contribution in [2.24, 2.45) is 0 Å². The van der Waals surface area contributed by atoms with E-state index < -0.39 is 0 Å². The van der Waals surface area contributed by atoms with Crippen molar-refractivity contribution in [1.29, 1.82) is 0 Å². The molecule has 1 aliphatic heterocycles. The van der Waals surface area contributed by atoms with Gasteiger partial charge in [-0.3, -0.25) is 9.69 Å². The molecule has 0 spiro atoms. The van der Waals surface area contributed by atoms with Crippen molar-refractivity contribution >= 4 is 5.91 Å². The summed E-state index contributed by atoms with van der Waals surface area (Å²) in [6.07, 6.45) is 0. The number of hydrogen-bond acceptors (Lipinski definition) is 6. The fraction of sp³-hybridized carbons (Fsp3) is 0.409. The van der Waals surface area contributed by atoms with E-state index in [-0.39, 0.29) is 29.7 Å². The van der Waals surface area contributed by atoms with Crippen LogP contribution in [0.25, 0.3) is 11.5 Å². The first kappa shape index (κ1) is 20.3. The highest BCUT2D eigenvalue weighted by Gasteiger charge is 2.35. The Hall–Kier alpha value is -3.00. The third-order valence-corrected chi connectivity index (χ3v) is 5.85. The molecule has 8 heteroatoms. The lowest BCUT2D eigenvalue weighted by molar-refractivity contribution is 0.0238. The zero-order valence-corrected chi connectivity index (χ0v) is 17.6. The molecule has 1 fully saturated rings. The van der Waals surface area contributed by atoms with E-state index >= 15 is 0 Å². The molecule has 3 heterocycles. The molecule has 0 bridgehead atoms. The van der Waals surface area contributed by atoms with E-state index in [4.69, 9.17) is 8.94 Å². The van der Waals surface area contributed by atoms with E-state index in [9.17, 15) is 9.18 Å². The Morgan fingerprint density at radius 2 is 1.97 bits per heavy atom. The zero-order chi connectivity index (χ0) is 21.4. The van der Waals surface area contributed by atoms with E-state index in [0.717, 1.165) is 5.69 Å². The summed E-state index contributed by atoms with van der Waals surface area (Å²) in [5, 5.41) is 3.85. The van der Waals surface area contributed by atoms with Crippen molar-refractivity contribution in [3.8, 4) is 11.5 Å². The number of rotatable bonds is 4. The van der Waals surface area contributed by atoms with Gasteiger partial charge in [-0.1, -0.05) is 17.3 Å². The lowest BCUT2D eigenvalue weighted by Crippen LogP contribution is -2.58. The Morgan fingerprint density at radius 1 is 1.20 bits per heavy atom. The van der Waals surface area contributed by atoms with E-state index in [2.05, 4.69) is 22.0 Å². The molecule has 1 saturated heterocycles. The first-order valence-electron chi connectivity index (χ1n) is 10.0. The van der Waals surface area contributed by atoms with Crippen LogP contribution in [0.5, 0.6) is 0 Å². The minimum atomic E-state index is -0.359. The summed E-state index contributed by atoms with van der Waals surface area (Å²) in [4.78, 5) is 21.4. The normalized spacial score (nSPS) is 20.0. The highest BCUT2D eigenvalue weighted by Crippen LogP contribution is 2.27. The topological polar surface area (TPSA) is 75.6 Å². The zero-order valence-electron chi connectivity index (χ0n) is 17.6. The molecule has 30 heavy (non-hydrogen) atoms. The summed E-state index contributed by atoms with van der Waals surface area (Å²) >= 11 is 0. The van der Waals surface area contributed by atoms with Crippen LogP contribution in [-0.2, 0) is 6.54 Å². The molecule has 3 aromatic rings. The second-order valence-corrected chi connectivity index (χ2v) is 7.77. The van der Waals surface area contributed by atoms with Crippen LogP contribution in [0.1, 0.15) is 41.6 Å². The quantitative estimate of drug-likeness (QED) is 0.649. The van der Waals surface area contributed by atoms with Crippen LogP contribution < -0.4 is 0 Å². The smallest absolute Gasteiger partial charge is 0.276 e. The van der Waals surface area contributed by atoms with Crippen molar-refractivity contribution in [3.05, 3.63) is 59.1 Å². The Balaban J connectivity index is 1.48. The highest BCUT2D eigenvalue weighted by atomic mass is 19.1. The Morgan fingerprint density at radius 3 is 2.67 bits per heavy atom. The third kappa shape index (κ3) is 3.75. The summed E-state index contributed by atoms with van der Waals surface area (Å²) in [5.74, 6) is 1.10. The Bertz CT molecular complexity index is 1060. The molecule has 0 saturated carbocycles. The predicted octanol–water partition coefficient (Wildman–Crippen LogP) is 3.82. The van der Waals surface area contributed by atoms with Crippen molar-refractivity contribution in [3.63, 3.8) is 0 Å². The maximum absolute atomic E-state index is 14.1. The average molecular weight is 412 g/mol. The second kappa shape index (κ2) is 8.02. The van der Waals surface area contributed by atoms with Gasteiger partial charge in [0.15, 0.2) is 5.69 Å². The van der Waals surface area contributed by atoms with E-state index in [1.807, 2.05) is 18.7 Å². The van der Waals surface area contributed by atoms with Gasteiger partial charge < -0.3 is 13.8 Å². The van der Waals surface area contributed by atoms with E-state index in [1.54, 1.807) is 31.2 Å². The number of benzene rings is 1. The summed E-state index contributed by atoms with van der Waals surface area (Å²) in [6.45, 7) is 9.56. The largest absolute Gasteiger partial charge is 0.441 e. The fourth-order valence-corrected chi connectivity index (χ4v) is 3.85. The summed E-state index contributed by atoms with van der Waals surface area (Å²) in [7, 11) is 0. The Kier molecular flexibility index (Phi) is 5.42. The van der Waals surface area contributed by atoms with Gasteiger partial charge in [0.05, 0.1) is 11.3 Å². The first-order chi connectivity index (χ1) is 14.3. The van der Waals surface area contributed by atoms with Crippen LogP contribution in [0.15, 0.2) is 39.3 Å². The van der Waals surface area contributed by atoms with Crippen LogP contribution in [0.4, 0.5) is 4.39 Å². The number of carbonyl (C=O) groups excluding carboxylic acids is 1. The number of hydrogen-bond donors (Lipinski definition) is 0. The molecule has 0 radical (unpaired) electrons. The number of aryl methyl sites for hydroxylation is 2. The molecule has 2 aromatic heterocycles. The molecule has 1 amide bonds. The number of amides is 1. The maximum Gasteiger partial charge on any atom is 0.276 e. The van der Waals surface area contributed by atoms with Gasteiger partial charge in [-0.2, -0.15) is 0 Å². The number of aromatic nitrogens is 2. The summed E-state index contributed by atoms with van der Waals surface area (Å²) in [6, 6.07) is 8.20. The molecule has 4 rings (SSSR count). The average Bonchev–Trinajstić information content (AvgIpc) is 3.31. The first-order valence-corrected chi connectivity index (χ1v) is 10.0. The standard InChI is InChI=1S/C22H25FN4O3/c1-13-11-19(25-30-13)22(28)27-10-9-26(14(2)15(27)3)12-20-16(4)29-21(24-20)17-7-5-6-8-18(17)23/h5-8,11,14-15H,9-10,12H2,1-4H3/t14-,15+/m0/s1. The Labute approximate surface area is 174 Å². The van der Waals surface area contributed by atoms with Crippen molar-refractivity contribution < 1.29 is 18.1 Å². The minimum absolute atomic E-state index is 0.0125. The summed E-state index contributed by atoms with van der Waals surface area (Å²) in [5.41, 5.74) is 1.47. The van der Waals surface area contributed by atoms with Crippen LogP contribution >= 0.6 is 0 Å². The van der Waals surface area contributed by atoms with Crippen LogP contribution in [0.2, 0.25) is 0 Å². The monoisotopic (exact) mass is 412 g/mol. The molecule has 0 unspecified atom stereocenters. The van der Waals surface area contributed by atoms with Crippen molar-refractivity contribution in [2.45, 2.75) is 46.3 Å². The van der Waals surface area contributed by atoms with Crippen LogP contribution in [-0.4, -0.2) is 51.0 Å². The van der Waals surface area contributed by atoms with Crippen molar-refractivity contribution in [1.82, 2.24) is 19.9 Å². The van der Waals surface area contributed by atoms with Gasteiger partial charge in [-0.05, 0) is 39.8 Å². The van der Waals surface area contributed by atoms with Crippen molar-refractivity contribution in [2.75, 3.05) is 13.1 Å². The predicted molar refractivity (Wildman–Crippen MR) is 108 cm³/mol. The number of piperazine rings is 1. The molecule has 2 atom stereocenters. The fourth-order valence-electron chi connectivity index (χ4n) is 3.85. The summed E-state index contributed by atoms with van der Waals surface area (Å²) < 4.78 is 24.9. The second-order valence-electron chi connectivity index (χ2n) is 7.77. The van der Waals surface area contributed by atoms with E-state index in [1.165, 1.54) is 6.07 Å². The van der Waals surface area contributed by atoms with Gasteiger partial charge in [0.1, 0.15) is 17.3 Å². The number of nitrogens with zero attached hydrogens (tertiary/aromatic N) is 4. The number of carbonyl (C=O) groups is 1. The van der Waals surface area contributed by atoms with Gasteiger partial charge in [0, 0.05) is 37.8 Å². The van der Waals surface area contributed by atoms with Gasteiger partial charge in [0.2, 0.25) is 5.89 Å². The van der Waals surface area contributed by atoms with Crippen LogP contribution in [0, 0.1) is 19.7 Å². The lowest BCUT2D eigenvalue weighted by Gasteiger charge is -2.44. The van der Waals surface area contributed by atoms with Gasteiger partial charge in [-0.15, -0.1) is 0 Å². The number of oxazole rings is 1. The molecule has 7 nitrogen and oxygen atoms in total. The molecule has 0 N–H and O–H groups in total. The van der Waals surface area contributed by atoms with Gasteiger partial charge in [-0.25, -0.2) is 9.37 Å². The SMILES string of the molecule is Cc1cc(C(=O)N2CCN(Cc3nc(-c4ccccc4F)oc3C)[C@@H](C)[C@H]2C)no1. The molecular formula is C22H25FN4O3. The molecule has 158 valence electrons. The van der Waals surface area contributed by atoms with Crippen LogP contribution in [0.3, 0.4) is 0 Å². The lowest BCUT2D eigenvalue weighted by atomic mass is 10.0. The van der Waals surface area contributed by atoms with Gasteiger partial charge in [0.25, 0.3) is 5.91 Å². The highest BCUT2D eigenvalue weighted by molar-refractivity contribution is 5.92. The molecular weight excluding hydrogens is 387 g/mol. The van der Waals surface area contributed by atoms with E-state index in [0.29, 0.717) is 42.4 Å². The van der Waals surface area contributed by atoms with Gasteiger partial charge >= 0.3 is 0 Å². The maximum atomic E-state index is 14.1. The minimum Gasteiger partial charge on any atom is -0.441 e. The number of halogens is 1. The molecule has 1 aliphatic rings. The third-order valence-electron chi connectivity index (χ3n) is 5.85. The molecule has 0 aliphatic carbocycles.